The van der Waals surface area contributed by atoms with Crippen LogP contribution in [0.2, 0.25) is 0 Å². The first kappa shape index (κ1) is 12.5. The first-order valence-electron chi connectivity index (χ1n) is 5.84. The predicted molar refractivity (Wildman–Crippen MR) is 76.3 cm³/mol. The highest BCUT2D eigenvalue weighted by atomic mass is 32.1. The summed E-state index contributed by atoms with van der Waals surface area (Å²) >= 11 is 1.36. The van der Waals surface area contributed by atoms with Gasteiger partial charge in [0, 0.05) is 35.4 Å². The van der Waals surface area contributed by atoms with Crippen molar-refractivity contribution in [3.05, 3.63) is 57.7 Å². The summed E-state index contributed by atoms with van der Waals surface area (Å²) in [6.07, 6.45) is 4.43. The number of hydrogen-bond acceptors (Lipinski definition) is 5. The van der Waals surface area contributed by atoms with Crippen LogP contribution in [0.25, 0.3) is 4.96 Å². The Balaban J connectivity index is 2.02. The normalized spacial score (nSPS) is 10.7. The standard InChI is InChI=1S/C13H10N4O2S/c1-8-7-20-13-15-6-10(12(19)17(8)13)11(18)16-9-2-4-14-5-3-9/h2-7H,1H3,(H,14,16,18). The van der Waals surface area contributed by atoms with E-state index in [0.717, 1.165) is 5.69 Å². The summed E-state index contributed by atoms with van der Waals surface area (Å²) in [6.45, 7) is 1.80. The van der Waals surface area contributed by atoms with Crippen LogP contribution in [0.3, 0.4) is 0 Å². The van der Waals surface area contributed by atoms with Crippen LogP contribution in [-0.4, -0.2) is 20.3 Å². The Morgan fingerprint density at radius 3 is 2.85 bits per heavy atom. The molecule has 0 unspecified atom stereocenters. The third-order valence-electron chi connectivity index (χ3n) is 2.80. The number of amides is 1. The number of carbonyl (C=O) groups is 1. The van der Waals surface area contributed by atoms with Crippen LogP contribution in [0.4, 0.5) is 5.69 Å². The number of nitrogens with one attached hydrogen (secondary N) is 1. The Hall–Kier alpha value is -2.54. The van der Waals surface area contributed by atoms with Crippen molar-refractivity contribution in [3.8, 4) is 0 Å². The molecule has 0 radical (unpaired) electrons. The van der Waals surface area contributed by atoms with Crippen molar-refractivity contribution in [1.82, 2.24) is 14.4 Å². The van der Waals surface area contributed by atoms with Gasteiger partial charge in [-0.2, -0.15) is 0 Å². The van der Waals surface area contributed by atoms with Gasteiger partial charge in [0.1, 0.15) is 5.56 Å². The molecule has 20 heavy (non-hydrogen) atoms. The second kappa shape index (κ2) is 4.86. The van der Waals surface area contributed by atoms with Gasteiger partial charge in [-0.25, -0.2) is 4.98 Å². The van der Waals surface area contributed by atoms with Gasteiger partial charge in [0.2, 0.25) is 0 Å². The summed E-state index contributed by atoms with van der Waals surface area (Å²) in [7, 11) is 0. The molecule has 0 aliphatic carbocycles. The van der Waals surface area contributed by atoms with E-state index < -0.39 is 5.91 Å². The molecule has 0 atom stereocenters. The molecule has 3 heterocycles. The van der Waals surface area contributed by atoms with Crippen LogP contribution in [0.1, 0.15) is 16.1 Å². The average Bonchev–Trinajstić information content (AvgIpc) is 2.82. The number of aromatic nitrogens is 3. The molecule has 0 aliphatic heterocycles. The Bertz CT molecular complexity index is 838. The lowest BCUT2D eigenvalue weighted by molar-refractivity contribution is 0.102. The maximum atomic E-state index is 12.3. The number of aryl methyl sites for hydroxylation is 1. The molecule has 3 rings (SSSR count). The van der Waals surface area contributed by atoms with Crippen LogP contribution in [-0.2, 0) is 0 Å². The molecule has 0 aromatic carbocycles. The van der Waals surface area contributed by atoms with Gasteiger partial charge < -0.3 is 5.32 Å². The van der Waals surface area contributed by atoms with E-state index in [9.17, 15) is 9.59 Å². The van der Waals surface area contributed by atoms with Gasteiger partial charge in [-0.05, 0) is 19.1 Å². The van der Waals surface area contributed by atoms with E-state index >= 15 is 0 Å². The maximum Gasteiger partial charge on any atom is 0.271 e. The van der Waals surface area contributed by atoms with Gasteiger partial charge in [-0.3, -0.25) is 19.0 Å². The molecule has 3 aromatic heterocycles. The van der Waals surface area contributed by atoms with Crippen molar-refractivity contribution >= 4 is 27.9 Å². The van der Waals surface area contributed by atoms with Gasteiger partial charge in [0.05, 0.1) is 0 Å². The third-order valence-corrected chi connectivity index (χ3v) is 3.76. The zero-order valence-corrected chi connectivity index (χ0v) is 11.3. The Kier molecular flexibility index (Phi) is 3.03. The van der Waals surface area contributed by atoms with Crippen LogP contribution < -0.4 is 10.9 Å². The molecule has 0 spiro atoms. The summed E-state index contributed by atoms with van der Waals surface area (Å²) in [6, 6.07) is 3.30. The number of hydrogen-bond donors (Lipinski definition) is 1. The minimum absolute atomic E-state index is 0.0146. The third kappa shape index (κ3) is 2.08. The largest absolute Gasteiger partial charge is 0.322 e. The number of thiazole rings is 1. The van der Waals surface area contributed by atoms with E-state index in [-0.39, 0.29) is 11.1 Å². The molecule has 0 bridgehead atoms. The van der Waals surface area contributed by atoms with E-state index in [4.69, 9.17) is 0 Å². The molecular weight excluding hydrogens is 276 g/mol. The van der Waals surface area contributed by atoms with Crippen molar-refractivity contribution < 1.29 is 4.79 Å². The first-order chi connectivity index (χ1) is 9.66. The van der Waals surface area contributed by atoms with Gasteiger partial charge in [0.25, 0.3) is 11.5 Å². The van der Waals surface area contributed by atoms with Crippen molar-refractivity contribution in [2.45, 2.75) is 6.92 Å². The van der Waals surface area contributed by atoms with E-state index in [0.29, 0.717) is 10.6 Å². The van der Waals surface area contributed by atoms with Crippen LogP contribution in [0.5, 0.6) is 0 Å². The highest BCUT2D eigenvalue weighted by molar-refractivity contribution is 7.15. The monoisotopic (exact) mass is 286 g/mol. The summed E-state index contributed by atoms with van der Waals surface area (Å²) in [4.78, 5) is 33.0. The molecule has 1 amide bonds. The van der Waals surface area contributed by atoms with Crippen molar-refractivity contribution in [1.29, 1.82) is 0 Å². The van der Waals surface area contributed by atoms with Gasteiger partial charge >= 0.3 is 0 Å². The van der Waals surface area contributed by atoms with Crippen molar-refractivity contribution in [2.75, 3.05) is 5.32 Å². The Morgan fingerprint density at radius 2 is 2.10 bits per heavy atom. The summed E-state index contributed by atoms with van der Waals surface area (Å²) in [5.41, 5.74) is 0.999. The van der Waals surface area contributed by atoms with Crippen LogP contribution in [0, 0.1) is 6.92 Å². The summed E-state index contributed by atoms with van der Waals surface area (Å²) < 4.78 is 1.44. The van der Waals surface area contributed by atoms with Gasteiger partial charge in [-0.1, -0.05) is 0 Å². The lowest BCUT2D eigenvalue weighted by Crippen LogP contribution is -2.26. The van der Waals surface area contributed by atoms with E-state index in [1.807, 2.05) is 5.38 Å². The molecule has 0 saturated carbocycles. The fraction of sp³-hybridized carbons (Fsp3) is 0.0769. The molecule has 100 valence electrons. The van der Waals surface area contributed by atoms with Crippen molar-refractivity contribution in [3.63, 3.8) is 0 Å². The zero-order valence-electron chi connectivity index (χ0n) is 10.5. The van der Waals surface area contributed by atoms with E-state index in [2.05, 4.69) is 15.3 Å². The minimum atomic E-state index is -0.478. The minimum Gasteiger partial charge on any atom is -0.322 e. The van der Waals surface area contributed by atoms with Gasteiger partial charge in [0.15, 0.2) is 4.96 Å². The topological polar surface area (TPSA) is 76.4 Å². The maximum absolute atomic E-state index is 12.3. The molecule has 3 aromatic rings. The van der Waals surface area contributed by atoms with Gasteiger partial charge in [-0.15, -0.1) is 11.3 Å². The van der Waals surface area contributed by atoms with E-state index in [1.165, 1.54) is 21.9 Å². The second-order valence-corrected chi connectivity index (χ2v) is 5.00. The lowest BCUT2D eigenvalue weighted by Gasteiger charge is -2.04. The average molecular weight is 286 g/mol. The second-order valence-electron chi connectivity index (χ2n) is 4.16. The Labute approximate surface area is 117 Å². The fourth-order valence-corrected chi connectivity index (χ4v) is 2.64. The molecular formula is C13H10N4O2S. The lowest BCUT2D eigenvalue weighted by atomic mass is 10.3. The summed E-state index contributed by atoms with van der Waals surface area (Å²) in [5, 5.41) is 4.47. The number of anilines is 1. The van der Waals surface area contributed by atoms with E-state index in [1.54, 1.807) is 31.5 Å². The summed E-state index contributed by atoms with van der Waals surface area (Å²) in [5.74, 6) is -0.478. The van der Waals surface area contributed by atoms with Crippen LogP contribution in [0.15, 0.2) is 40.9 Å². The highest BCUT2D eigenvalue weighted by Gasteiger charge is 2.15. The Morgan fingerprint density at radius 1 is 1.35 bits per heavy atom. The quantitative estimate of drug-likeness (QED) is 0.778. The number of nitrogens with zero attached hydrogens (tertiary/aromatic N) is 3. The SMILES string of the molecule is Cc1csc2ncc(C(=O)Nc3ccncc3)c(=O)n12. The number of carbonyl (C=O) groups excluding carboxylic acids is 1. The zero-order chi connectivity index (χ0) is 14.1. The predicted octanol–water partition coefficient (Wildman–Crippen LogP) is 1.71. The smallest absolute Gasteiger partial charge is 0.271 e. The molecule has 0 aliphatic rings. The number of rotatable bonds is 2. The molecule has 6 nitrogen and oxygen atoms in total. The number of pyridine rings is 1. The number of fused-ring (bicyclic) bond motifs is 1. The van der Waals surface area contributed by atoms with Crippen molar-refractivity contribution in [2.24, 2.45) is 0 Å². The van der Waals surface area contributed by atoms with Crippen LogP contribution >= 0.6 is 11.3 Å². The highest BCUT2D eigenvalue weighted by Crippen LogP contribution is 2.11. The molecule has 0 fully saturated rings. The molecule has 7 heteroatoms. The molecule has 1 N–H and O–H groups in total. The molecule has 0 saturated heterocycles. The first-order valence-corrected chi connectivity index (χ1v) is 6.72. The fourth-order valence-electron chi connectivity index (χ4n) is 1.81.